The molecule has 15 heavy (non-hydrogen) atoms. The number of carbonyl (C=O) groups excluding carboxylic acids is 2. The fourth-order valence-corrected chi connectivity index (χ4v) is 1.32. The highest BCUT2D eigenvalue weighted by molar-refractivity contribution is 6.06. The number of primary amides is 1. The molecule has 3 N–H and O–H groups in total. The lowest BCUT2D eigenvalue weighted by molar-refractivity contribution is 0.0937. The smallest absolute Gasteiger partial charge is 0.252 e. The summed E-state index contributed by atoms with van der Waals surface area (Å²) in [4.78, 5) is 22.7. The minimum Gasteiger partial charge on any atom is -0.366 e. The molecule has 4 nitrogen and oxygen atoms in total. The summed E-state index contributed by atoms with van der Waals surface area (Å²) in [6.45, 7) is 4.18. The second-order valence-electron chi connectivity index (χ2n) is 3.27. The zero-order chi connectivity index (χ0) is 11.4. The fourth-order valence-electron chi connectivity index (χ4n) is 1.32. The molecule has 0 heterocycles. The van der Waals surface area contributed by atoms with E-state index in [1.165, 1.54) is 0 Å². The maximum atomic E-state index is 11.6. The van der Waals surface area contributed by atoms with Gasteiger partial charge in [-0.3, -0.25) is 9.59 Å². The molecular formula is C11H14N2O2. The largest absolute Gasteiger partial charge is 0.366 e. The number of aryl methyl sites for hydroxylation is 1. The normalized spacial score (nSPS) is 9.73. The third-order valence-corrected chi connectivity index (χ3v) is 2.02. The lowest BCUT2D eigenvalue weighted by Gasteiger charge is -2.07. The first kappa shape index (κ1) is 11.2. The molecule has 0 saturated carbocycles. The Morgan fingerprint density at radius 1 is 1.33 bits per heavy atom. The monoisotopic (exact) mass is 206 g/mol. The maximum Gasteiger partial charge on any atom is 0.252 e. The average Bonchev–Trinajstić information content (AvgIpc) is 2.17. The summed E-state index contributed by atoms with van der Waals surface area (Å²) in [6, 6.07) is 5.00. The van der Waals surface area contributed by atoms with E-state index in [9.17, 15) is 9.59 Å². The van der Waals surface area contributed by atoms with Crippen LogP contribution in [0.2, 0.25) is 0 Å². The van der Waals surface area contributed by atoms with Crippen molar-refractivity contribution >= 4 is 11.8 Å². The molecule has 0 fully saturated rings. The summed E-state index contributed by atoms with van der Waals surface area (Å²) < 4.78 is 0. The standard InChI is InChI=1S/C11H14N2O2/c1-3-13-11(15)8-5-4-7(2)6-9(8)10(12)14/h4-6H,3H2,1-2H3,(H2,12,14)(H,13,15). The van der Waals surface area contributed by atoms with E-state index >= 15 is 0 Å². The van der Waals surface area contributed by atoms with Crippen LogP contribution in [0.3, 0.4) is 0 Å². The van der Waals surface area contributed by atoms with Gasteiger partial charge in [-0.25, -0.2) is 0 Å². The van der Waals surface area contributed by atoms with E-state index in [2.05, 4.69) is 5.32 Å². The number of amides is 2. The van der Waals surface area contributed by atoms with Gasteiger partial charge in [-0.2, -0.15) is 0 Å². The molecule has 1 aromatic carbocycles. The van der Waals surface area contributed by atoms with Crippen molar-refractivity contribution < 1.29 is 9.59 Å². The zero-order valence-electron chi connectivity index (χ0n) is 8.83. The van der Waals surface area contributed by atoms with Crippen LogP contribution in [0, 0.1) is 6.92 Å². The van der Waals surface area contributed by atoms with Crippen molar-refractivity contribution in [1.82, 2.24) is 5.32 Å². The van der Waals surface area contributed by atoms with Gasteiger partial charge in [0.1, 0.15) is 0 Å². The van der Waals surface area contributed by atoms with E-state index in [0.29, 0.717) is 12.1 Å². The lowest BCUT2D eigenvalue weighted by atomic mass is 10.0. The van der Waals surface area contributed by atoms with Crippen LogP contribution in [0.15, 0.2) is 18.2 Å². The minimum atomic E-state index is -0.583. The van der Waals surface area contributed by atoms with Gasteiger partial charge in [-0.15, -0.1) is 0 Å². The molecule has 80 valence electrons. The molecule has 4 heteroatoms. The van der Waals surface area contributed by atoms with Crippen LogP contribution in [0.4, 0.5) is 0 Å². The average molecular weight is 206 g/mol. The summed E-state index contributed by atoms with van der Waals surface area (Å²) in [5, 5.41) is 2.63. The molecule has 2 amide bonds. The number of hydrogen-bond acceptors (Lipinski definition) is 2. The summed E-state index contributed by atoms with van der Waals surface area (Å²) >= 11 is 0. The van der Waals surface area contributed by atoms with Crippen molar-refractivity contribution in [3.8, 4) is 0 Å². The van der Waals surface area contributed by atoms with E-state index in [1.807, 2.05) is 13.8 Å². The topological polar surface area (TPSA) is 72.2 Å². The summed E-state index contributed by atoms with van der Waals surface area (Å²) in [5.74, 6) is -0.855. The molecule has 0 bridgehead atoms. The van der Waals surface area contributed by atoms with Crippen LogP contribution in [0.1, 0.15) is 33.2 Å². The fraction of sp³-hybridized carbons (Fsp3) is 0.273. The van der Waals surface area contributed by atoms with Gasteiger partial charge < -0.3 is 11.1 Å². The minimum absolute atomic E-state index is 0.265. The van der Waals surface area contributed by atoms with Crippen molar-refractivity contribution in [2.45, 2.75) is 13.8 Å². The second kappa shape index (κ2) is 4.59. The predicted octanol–water partition coefficient (Wildman–Crippen LogP) is 0.844. The number of hydrogen-bond donors (Lipinski definition) is 2. The SMILES string of the molecule is CCNC(=O)c1ccc(C)cc1C(N)=O. The Hall–Kier alpha value is -1.84. The van der Waals surface area contributed by atoms with Gasteiger partial charge in [0.05, 0.1) is 11.1 Å². The van der Waals surface area contributed by atoms with Crippen LogP contribution in [-0.2, 0) is 0 Å². The van der Waals surface area contributed by atoms with Gasteiger partial charge in [0.2, 0.25) is 5.91 Å². The highest BCUT2D eigenvalue weighted by Crippen LogP contribution is 2.11. The molecule has 0 radical (unpaired) electrons. The molecular weight excluding hydrogens is 192 g/mol. The van der Waals surface area contributed by atoms with E-state index in [1.54, 1.807) is 18.2 Å². The molecule has 0 aromatic heterocycles. The first-order valence-electron chi connectivity index (χ1n) is 4.75. The van der Waals surface area contributed by atoms with Gasteiger partial charge in [0.15, 0.2) is 0 Å². The molecule has 0 aliphatic carbocycles. The zero-order valence-corrected chi connectivity index (χ0v) is 8.83. The lowest BCUT2D eigenvalue weighted by Crippen LogP contribution is -2.26. The van der Waals surface area contributed by atoms with E-state index in [0.717, 1.165) is 5.56 Å². The Bertz CT molecular complexity index is 400. The Balaban J connectivity index is 3.17. The molecule has 0 aliphatic heterocycles. The molecule has 0 atom stereocenters. The van der Waals surface area contributed by atoms with E-state index in [4.69, 9.17) is 5.73 Å². The van der Waals surface area contributed by atoms with Gasteiger partial charge >= 0.3 is 0 Å². The van der Waals surface area contributed by atoms with E-state index in [-0.39, 0.29) is 11.5 Å². The van der Waals surface area contributed by atoms with Crippen molar-refractivity contribution in [1.29, 1.82) is 0 Å². The second-order valence-corrected chi connectivity index (χ2v) is 3.27. The summed E-state index contributed by atoms with van der Waals surface area (Å²) in [6.07, 6.45) is 0. The first-order chi connectivity index (χ1) is 7.06. The molecule has 0 unspecified atom stereocenters. The van der Waals surface area contributed by atoms with Gasteiger partial charge in [0.25, 0.3) is 5.91 Å². The van der Waals surface area contributed by atoms with Crippen LogP contribution in [0.25, 0.3) is 0 Å². The Morgan fingerprint density at radius 2 is 2.00 bits per heavy atom. The number of benzene rings is 1. The summed E-state index contributed by atoms with van der Waals surface area (Å²) in [7, 11) is 0. The van der Waals surface area contributed by atoms with Crippen LogP contribution in [0.5, 0.6) is 0 Å². The quantitative estimate of drug-likeness (QED) is 0.769. The molecule has 0 spiro atoms. The first-order valence-corrected chi connectivity index (χ1v) is 4.75. The number of rotatable bonds is 3. The molecule has 0 saturated heterocycles. The van der Waals surface area contributed by atoms with Crippen molar-refractivity contribution in [3.05, 3.63) is 34.9 Å². The Morgan fingerprint density at radius 3 is 2.53 bits per heavy atom. The highest BCUT2D eigenvalue weighted by Gasteiger charge is 2.14. The summed E-state index contributed by atoms with van der Waals surface area (Å²) in [5.41, 5.74) is 6.69. The number of carbonyl (C=O) groups is 2. The third kappa shape index (κ3) is 2.56. The van der Waals surface area contributed by atoms with Crippen molar-refractivity contribution in [2.75, 3.05) is 6.54 Å². The number of nitrogens with two attached hydrogens (primary N) is 1. The van der Waals surface area contributed by atoms with Crippen LogP contribution in [-0.4, -0.2) is 18.4 Å². The molecule has 0 aliphatic rings. The van der Waals surface area contributed by atoms with Gasteiger partial charge in [-0.05, 0) is 26.0 Å². The van der Waals surface area contributed by atoms with Crippen molar-refractivity contribution in [2.24, 2.45) is 5.73 Å². The van der Waals surface area contributed by atoms with Crippen LogP contribution < -0.4 is 11.1 Å². The molecule has 1 aromatic rings. The van der Waals surface area contributed by atoms with Crippen LogP contribution >= 0.6 is 0 Å². The Kier molecular flexibility index (Phi) is 3.44. The van der Waals surface area contributed by atoms with Crippen molar-refractivity contribution in [3.63, 3.8) is 0 Å². The maximum absolute atomic E-state index is 11.6. The third-order valence-electron chi connectivity index (χ3n) is 2.02. The van der Waals surface area contributed by atoms with Gasteiger partial charge in [0, 0.05) is 6.54 Å². The highest BCUT2D eigenvalue weighted by atomic mass is 16.2. The van der Waals surface area contributed by atoms with Gasteiger partial charge in [-0.1, -0.05) is 11.6 Å². The van der Waals surface area contributed by atoms with E-state index < -0.39 is 5.91 Å². The predicted molar refractivity (Wildman–Crippen MR) is 57.7 cm³/mol. The Labute approximate surface area is 88.5 Å². The number of nitrogens with one attached hydrogen (secondary N) is 1. The molecule has 1 rings (SSSR count).